The molecule has 0 saturated heterocycles. The molecule has 3 aliphatic rings. The predicted molar refractivity (Wildman–Crippen MR) is 111 cm³/mol. The number of rotatable bonds is 3. The quantitative estimate of drug-likeness (QED) is 0.514. The Kier molecular flexibility index (Phi) is 5.44. The van der Waals surface area contributed by atoms with Crippen LogP contribution in [0.2, 0.25) is 0 Å². The minimum atomic E-state index is -4.69. The first-order valence-corrected chi connectivity index (χ1v) is 11.6. The molecular weight excluding hydrogens is 449 g/mol. The minimum Gasteiger partial charge on any atom is -0.443 e. The SMILES string of the molecule is Cc1c(C(F)(F)F)nc2c(c1NC(=O)N=S(N)(=O)C(=CN)C1=[NH+]CC3(CC3)CO1)CCC2. The monoisotopic (exact) mass is 473 g/mol. The van der Waals surface area contributed by atoms with Crippen molar-refractivity contribution < 1.29 is 31.9 Å². The van der Waals surface area contributed by atoms with Gasteiger partial charge in [0.05, 0.1) is 11.1 Å². The van der Waals surface area contributed by atoms with Crippen molar-refractivity contribution in [2.24, 2.45) is 20.7 Å². The van der Waals surface area contributed by atoms with Crippen LogP contribution in [0.5, 0.6) is 0 Å². The molecule has 1 aliphatic heterocycles. The van der Waals surface area contributed by atoms with Crippen LogP contribution >= 0.6 is 0 Å². The number of amides is 2. The van der Waals surface area contributed by atoms with Gasteiger partial charge in [0.15, 0.2) is 21.4 Å². The van der Waals surface area contributed by atoms with Crippen molar-refractivity contribution in [1.29, 1.82) is 0 Å². The predicted octanol–water partition coefficient (Wildman–Crippen LogP) is 0.861. The summed E-state index contributed by atoms with van der Waals surface area (Å²) in [5, 5.41) is 8.15. The van der Waals surface area contributed by atoms with Gasteiger partial charge >= 0.3 is 18.1 Å². The number of nitrogens with two attached hydrogens (primary N) is 2. The molecule has 1 fully saturated rings. The molecule has 1 aromatic rings. The first-order valence-electron chi connectivity index (χ1n) is 10.1. The summed E-state index contributed by atoms with van der Waals surface area (Å²) in [5.74, 6) is 0.0782. The number of aromatic nitrogens is 1. The first-order chi connectivity index (χ1) is 15.0. The average molecular weight is 474 g/mol. The Morgan fingerprint density at radius 3 is 2.66 bits per heavy atom. The van der Waals surface area contributed by atoms with E-state index in [1.165, 1.54) is 6.92 Å². The fraction of sp³-hybridized carbons (Fsp3) is 0.526. The molecule has 9 nitrogen and oxygen atoms in total. The molecule has 1 spiro atoms. The second-order valence-corrected chi connectivity index (χ2v) is 10.1. The lowest BCUT2D eigenvalue weighted by Gasteiger charge is -2.18. The van der Waals surface area contributed by atoms with Crippen molar-refractivity contribution in [1.82, 2.24) is 4.98 Å². The van der Waals surface area contributed by atoms with E-state index >= 15 is 0 Å². The number of fused-ring (bicyclic) bond motifs is 1. The van der Waals surface area contributed by atoms with E-state index < -0.39 is 27.8 Å². The van der Waals surface area contributed by atoms with Crippen molar-refractivity contribution in [3.05, 3.63) is 33.6 Å². The number of ether oxygens (including phenoxy) is 1. The van der Waals surface area contributed by atoms with Crippen LogP contribution in [0.4, 0.5) is 23.7 Å². The second-order valence-electron chi connectivity index (χ2n) is 8.33. The second kappa shape index (κ2) is 7.73. The number of anilines is 1. The molecular formula is C19H24F3N6O3S+. The van der Waals surface area contributed by atoms with E-state index in [2.05, 4.69) is 19.7 Å². The Hall–Kier alpha value is -2.67. The van der Waals surface area contributed by atoms with Gasteiger partial charge in [0, 0.05) is 17.5 Å². The largest absolute Gasteiger partial charge is 0.443 e. The van der Waals surface area contributed by atoms with Crippen LogP contribution in [0, 0.1) is 12.3 Å². The molecule has 4 rings (SSSR count). The number of aryl methyl sites for hydroxylation is 1. The Balaban J connectivity index is 1.63. The highest BCUT2D eigenvalue weighted by Crippen LogP contribution is 2.45. The lowest BCUT2D eigenvalue weighted by molar-refractivity contribution is -0.490. The molecule has 32 heavy (non-hydrogen) atoms. The number of hydrogen-bond acceptors (Lipinski definition) is 5. The van der Waals surface area contributed by atoms with Crippen LogP contribution in [0.15, 0.2) is 15.5 Å². The van der Waals surface area contributed by atoms with Crippen molar-refractivity contribution in [3.63, 3.8) is 0 Å². The van der Waals surface area contributed by atoms with E-state index in [9.17, 15) is 22.2 Å². The summed E-state index contributed by atoms with van der Waals surface area (Å²) < 4.78 is 62.4. The van der Waals surface area contributed by atoms with E-state index in [-0.39, 0.29) is 33.2 Å². The number of halogens is 3. The highest BCUT2D eigenvalue weighted by Gasteiger charge is 2.50. The molecule has 1 atom stereocenters. The molecule has 2 aliphatic carbocycles. The maximum Gasteiger partial charge on any atom is 0.433 e. The Labute approximate surface area is 182 Å². The Bertz CT molecular complexity index is 1160. The smallest absolute Gasteiger partial charge is 0.433 e. The zero-order valence-corrected chi connectivity index (χ0v) is 18.2. The molecule has 1 aromatic heterocycles. The van der Waals surface area contributed by atoms with Crippen LogP contribution in [-0.4, -0.2) is 34.3 Å². The topological polar surface area (TPSA) is 147 Å². The molecule has 0 bridgehead atoms. The maximum absolute atomic E-state index is 13.4. The van der Waals surface area contributed by atoms with Gasteiger partial charge in [0.25, 0.3) is 0 Å². The van der Waals surface area contributed by atoms with E-state index in [4.69, 9.17) is 15.6 Å². The van der Waals surface area contributed by atoms with Crippen molar-refractivity contribution in [3.8, 4) is 0 Å². The third kappa shape index (κ3) is 4.18. The van der Waals surface area contributed by atoms with E-state index in [1.807, 2.05) is 0 Å². The Morgan fingerprint density at radius 1 is 1.38 bits per heavy atom. The van der Waals surface area contributed by atoms with Gasteiger partial charge < -0.3 is 15.8 Å². The standard InChI is InChI=1S/C19H23F3N6O3S/c1-10-14(11-3-2-4-12(11)26-15(10)19(20,21)22)27-17(29)28-32(24,30)13(7-23)16-25-8-18(5-6-18)9-31-16/h7H,2-6,8-9,23H2,1H3,(H3,24,26,27,28,29,30)/p+1. The summed E-state index contributed by atoms with van der Waals surface area (Å²) in [4.78, 5) is 19.1. The number of urea groups is 1. The molecule has 13 heteroatoms. The van der Waals surface area contributed by atoms with Gasteiger partial charge in [-0.05, 0) is 44.6 Å². The summed E-state index contributed by atoms with van der Waals surface area (Å²) in [6.07, 6.45) is -0.280. The van der Waals surface area contributed by atoms with Gasteiger partial charge in [-0.2, -0.15) is 13.2 Å². The summed E-state index contributed by atoms with van der Waals surface area (Å²) >= 11 is 0. The number of nitrogens with zero attached hydrogens (tertiary/aromatic N) is 2. The van der Waals surface area contributed by atoms with E-state index in [0.29, 0.717) is 38.0 Å². The highest BCUT2D eigenvalue weighted by atomic mass is 32.2. The fourth-order valence-electron chi connectivity index (χ4n) is 3.99. The molecule has 0 aromatic carbocycles. The van der Waals surface area contributed by atoms with Crippen LogP contribution in [0.1, 0.15) is 41.8 Å². The van der Waals surface area contributed by atoms with Gasteiger partial charge in [-0.15, -0.1) is 4.36 Å². The van der Waals surface area contributed by atoms with Crippen LogP contribution in [0.25, 0.3) is 0 Å². The lowest BCUT2D eigenvalue weighted by atomic mass is 10.1. The summed E-state index contributed by atoms with van der Waals surface area (Å²) in [6, 6.07) is -1.15. The van der Waals surface area contributed by atoms with Gasteiger partial charge in [-0.3, -0.25) is 0 Å². The van der Waals surface area contributed by atoms with Crippen LogP contribution in [0.3, 0.4) is 0 Å². The van der Waals surface area contributed by atoms with E-state index in [1.54, 1.807) is 0 Å². The third-order valence-corrected chi connectivity index (χ3v) is 7.37. The number of carbonyl (C=O) groups is 1. The van der Waals surface area contributed by atoms with Crippen molar-refractivity contribution in [2.45, 2.75) is 45.2 Å². The lowest BCUT2D eigenvalue weighted by Crippen LogP contribution is -2.79. The number of alkyl halides is 3. The Morgan fingerprint density at radius 2 is 2.09 bits per heavy atom. The third-order valence-electron chi connectivity index (χ3n) is 5.98. The van der Waals surface area contributed by atoms with Crippen molar-refractivity contribution in [2.75, 3.05) is 18.5 Å². The zero-order valence-electron chi connectivity index (χ0n) is 17.3. The van der Waals surface area contributed by atoms with E-state index in [0.717, 1.165) is 19.0 Å². The minimum absolute atomic E-state index is 0.0302. The van der Waals surface area contributed by atoms with Crippen LogP contribution in [-0.2, 0) is 33.7 Å². The highest BCUT2D eigenvalue weighted by molar-refractivity contribution is 7.96. The maximum atomic E-state index is 13.4. The number of hydrogen-bond donors (Lipinski definition) is 4. The molecule has 1 unspecified atom stereocenters. The molecule has 174 valence electrons. The molecule has 2 heterocycles. The molecule has 6 N–H and O–H groups in total. The molecule has 1 saturated carbocycles. The number of nitrogens with one attached hydrogen (secondary N) is 2. The molecule has 0 radical (unpaired) electrons. The van der Waals surface area contributed by atoms with Gasteiger partial charge in [0.1, 0.15) is 12.3 Å². The average Bonchev–Trinajstić information content (AvgIpc) is 3.27. The van der Waals surface area contributed by atoms with Crippen LogP contribution < -0.4 is 21.2 Å². The summed E-state index contributed by atoms with van der Waals surface area (Å²) in [6.45, 7) is 2.21. The number of carbonyl (C=O) groups excluding carboxylic acids is 1. The van der Waals surface area contributed by atoms with Gasteiger partial charge in [-0.25, -0.2) is 24.1 Å². The van der Waals surface area contributed by atoms with Crippen molar-refractivity contribution >= 4 is 27.5 Å². The fourth-order valence-corrected chi connectivity index (χ4v) is 4.97. The normalized spacial score (nSPS) is 21.3. The molecule has 2 amide bonds. The zero-order chi connectivity index (χ0) is 23.3. The van der Waals surface area contributed by atoms with Gasteiger partial charge in [-0.1, -0.05) is 0 Å². The number of pyridine rings is 1. The first kappa shape index (κ1) is 22.5. The summed E-state index contributed by atoms with van der Waals surface area (Å²) in [5.41, 5.74) is 5.09. The van der Waals surface area contributed by atoms with Gasteiger partial charge in [0.2, 0.25) is 0 Å². The summed E-state index contributed by atoms with van der Waals surface area (Å²) in [7, 11) is -3.84.